The fraction of sp³-hybridized carbons (Fsp3) is 0.273. The van der Waals surface area contributed by atoms with E-state index in [1.165, 1.54) is 29.1 Å². The number of nitrogens with zero attached hydrogens (tertiary/aromatic N) is 2. The lowest BCUT2D eigenvalue weighted by Crippen LogP contribution is -1.96. The first kappa shape index (κ1) is 12.0. The zero-order valence-corrected chi connectivity index (χ0v) is 9.94. The van der Waals surface area contributed by atoms with E-state index in [9.17, 15) is 0 Å². The van der Waals surface area contributed by atoms with Crippen molar-refractivity contribution >= 4 is 23.5 Å². The Morgan fingerprint density at radius 3 is 2.40 bits per heavy atom. The molecule has 0 saturated heterocycles. The molecule has 0 bridgehead atoms. The Morgan fingerprint density at radius 2 is 1.87 bits per heavy atom. The van der Waals surface area contributed by atoms with Crippen molar-refractivity contribution in [2.75, 3.05) is 5.75 Å². The zero-order valence-electron chi connectivity index (χ0n) is 8.30. The van der Waals surface area contributed by atoms with Crippen molar-refractivity contribution in [2.45, 2.75) is 12.2 Å². The summed E-state index contributed by atoms with van der Waals surface area (Å²) in [7, 11) is 0. The van der Waals surface area contributed by atoms with Gasteiger partial charge in [0, 0.05) is 5.75 Å². The van der Waals surface area contributed by atoms with E-state index in [2.05, 4.69) is 5.40 Å². The molecule has 2 nitrogen and oxygen atoms in total. The molecule has 1 rings (SSSR count). The Balaban J connectivity index is 2.76. The molecule has 1 unspecified atom stereocenters. The van der Waals surface area contributed by atoms with Crippen molar-refractivity contribution in [3.63, 3.8) is 0 Å². The molecule has 0 N–H and O–H groups in total. The number of hydrogen-bond acceptors (Lipinski definition) is 4. The lowest BCUT2D eigenvalue weighted by atomic mass is 10.1. The van der Waals surface area contributed by atoms with Crippen LogP contribution < -0.4 is 0 Å². The molecule has 0 aliphatic carbocycles. The molecule has 0 radical (unpaired) electrons. The smallest absolute Gasteiger partial charge is 0.134 e. The fourth-order valence-electron chi connectivity index (χ4n) is 1.16. The Morgan fingerprint density at radius 1 is 1.20 bits per heavy atom. The molecule has 0 fully saturated rings. The summed E-state index contributed by atoms with van der Waals surface area (Å²) in [6, 6.07) is 8.08. The largest absolute Gasteiger partial charge is 0.185 e. The van der Waals surface area contributed by atoms with Crippen molar-refractivity contribution in [3.8, 4) is 10.8 Å². The molecule has 0 aliphatic rings. The van der Waals surface area contributed by atoms with E-state index in [0.717, 1.165) is 5.56 Å². The van der Waals surface area contributed by atoms with Gasteiger partial charge in [0.05, 0.1) is 5.25 Å². The Hall–Kier alpha value is -1.10. The lowest BCUT2D eigenvalue weighted by Gasteiger charge is -2.10. The third-order valence-corrected chi connectivity index (χ3v) is 3.61. The average molecular weight is 234 g/mol. The number of thiocyanates is 2. The minimum atomic E-state index is 0.0836. The van der Waals surface area contributed by atoms with Gasteiger partial charge in [0.2, 0.25) is 0 Å². The number of thioether (sulfide) groups is 2. The standard InChI is InChI=1S/C11H10N2S2/c1-9-2-4-10(5-3-9)11(15-8-13)6-14-7-12/h2-5,11H,6H2,1H3. The number of benzene rings is 1. The minimum absolute atomic E-state index is 0.0836. The van der Waals surface area contributed by atoms with Gasteiger partial charge >= 0.3 is 0 Å². The van der Waals surface area contributed by atoms with Gasteiger partial charge in [0.1, 0.15) is 10.8 Å². The van der Waals surface area contributed by atoms with Crippen molar-refractivity contribution < 1.29 is 0 Å². The molecule has 76 valence electrons. The Kier molecular flexibility index (Phi) is 5.10. The summed E-state index contributed by atoms with van der Waals surface area (Å²) in [6.07, 6.45) is 0. The third kappa shape index (κ3) is 3.87. The van der Waals surface area contributed by atoms with Crippen LogP contribution in [0.1, 0.15) is 16.4 Å². The second kappa shape index (κ2) is 6.40. The third-order valence-electron chi connectivity index (χ3n) is 1.94. The van der Waals surface area contributed by atoms with Gasteiger partial charge in [0.25, 0.3) is 0 Å². The minimum Gasteiger partial charge on any atom is -0.185 e. The molecular formula is C11H10N2S2. The SMILES string of the molecule is Cc1ccc(C(CSC#N)SC#N)cc1. The van der Waals surface area contributed by atoms with Crippen LogP contribution in [-0.4, -0.2) is 5.75 Å². The normalized spacial score (nSPS) is 11.4. The summed E-state index contributed by atoms with van der Waals surface area (Å²) in [6.45, 7) is 2.03. The van der Waals surface area contributed by atoms with Crippen LogP contribution in [0.15, 0.2) is 24.3 Å². The van der Waals surface area contributed by atoms with Gasteiger partial charge < -0.3 is 0 Å². The van der Waals surface area contributed by atoms with E-state index in [1.807, 2.05) is 36.6 Å². The number of rotatable bonds is 4. The zero-order chi connectivity index (χ0) is 11.1. The first-order valence-corrected chi connectivity index (χ1v) is 6.26. The van der Waals surface area contributed by atoms with Crippen LogP contribution in [-0.2, 0) is 0 Å². The molecule has 0 heterocycles. The van der Waals surface area contributed by atoms with Crippen LogP contribution >= 0.6 is 23.5 Å². The molecule has 0 spiro atoms. The highest BCUT2D eigenvalue weighted by molar-refractivity contribution is 8.07. The van der Waals surface area contributed by atoms with E-state index in [4.69, 9.17) is 10.5 Å². The van der Waals surface area contributed by atoms with E-state index in [1.54, 1.807) is 0 Å². The summed E-state index contributed by atoms with van der Waals surface area (Å²) in [5.74, 6) is 0.651. The Bertz CT molecular complexity index is 387. The first-order valence-electron chi connectivity index (χ1n) is 4.40. The maximum Gasteiger partial charge on any atom is 0.134 e. The fourth-order valence-corrected chi connectivity index (χ4v) is 2.47. The van der Waals surface area contributed by atoms with Crippen molar-refractivity contribution in [2.24, 2.45) is 0 Å². The summed E-state index contributed by atoms with van der Waals surface area (Å²) >= 11 is 2.40. The van der Waals surface area contributed by atoms with Gasteiger partial charge in [-0.25, -0.2) is 0 Å². The maximum absolute atomic E-state index is 8.67. The predicted octanol–water partition coefficient (Wildman–Crippen LogP) is 3.46. The molecule has 0 saturated carbocycles. The highest BCUT2D eigenvalue weighted by Gasteiger charge is 2.11. The topological polar surface area (TPSA) is 47.6 Å². The van der Waals surface area contributed by atoms with Crippen LogP contribution in [0.5, 0.6) is 0 Å². The summed E-state index contributed by atoms with van der Waals surface area (Å²) < 4.78 is 0. The number of hydrogen-bond donors (Lipinski definition) is 0. The second-order valence-electron chi connectivity index (χ2n) is 3.01. The van der Waals surface area contributed by atoms with Crippen LogP contribution in [0, 0.1) is 28.3 Å². The van der Waals surface area contributed by atoms with Gasteiger partial charge in [-0.05, 0) is 36.0 Å². The maximum atomic E-state index is 8.67. The van der Waals surface area contributed by atoms with Gasteiger partial charge in [-0.1, -0.05) is 29.8 Å². The molecule has 1 atom stereocenters. The highest BCUT2D eigenvalue weighted by atomic mass is 32.2. The van der Waals surface area contributed by atoms with Crippen LogP contribution in [0.3, 0.4) is 0 Å². The van der Waals surface area contributed by atoms with Gasteiger partial charge in [-0.15, -0.1) is 0 Å². The van der Waals surface area contributed by atoms with E-state index >= 15 is 0 Å². The molecule has 4 heteroatoms. The van der Waals surface area contributed by atoms with Crippen LogP contribution in [0.25, 0.3) is 0 Å². The molecule has 0 aliphatic heterocycles. The number of nitriles is 2. The quantitative estimate of drug-likeness (QED) is 0.748. The molecule has 0 aromatic heterocycles. The monoisotopic (exact) mass is 234 g/mol. The van der Waals surface area contributed by atoms with Gasteiger partial charge in [-0.2, -0.15) is 10.5 Å². The highest BCUT2D eigenvalue weighted by Crippen LogP contribution is 2.31. The predicted molar refractivity (Wildman–Crippen MR) is 65.2 cm³/mol. The van der Waals surface area contributed by atoms with Crippen molar-refractivity contribution in [3.05, 3.63) is 35.4 Å². The molecule has 15 heavy (non-hydrogen) atoms. The Labute approximate surface area is 98.3 Å². The summed E-state index contributed by atoms with van der Waals surface area (Å²) in [5.41, 5.74) is 2.31. The van der Waals surface area contributed by atoms with Crippen molar-refractivity contribution in [1.82, 2.24) is 0 Å². The lowest BCUT2D eigenvalue weighted by molar-refractivity contribution is 1.12. The van der Waals surface area contributed by atoms with E-state index in [0.29, 0.717) is 5.75 Å². The summed E-state index contributed by atoms with van der Waals surface area (Å²) in [4.78, 5) is 0. The molecule has 1 aromatic rings. The van der Waals surface area contributed by atoms with Gasteiger partial charge in [0.15, 0.2) is 0 Å². The average Bonchev–Trinajstić information content (AvgIpc) is 2.25. The second-order valence-corrected chi connectivity index (χ2v) is 4.80. The van der Waals surface area contributed by atoms with E-state index in [-0.39, 0.29) is 5.25 Å². The molecule has 1 aromatic carbocycles. The van der Waals surface area contributed by atoms with E-state index < -0.39 is 0 Å². The van der Waals surface area contributed by atoms with Crippen LogP contribution in [0.2, 0.25) is 0 Å². The summed E-state index contributed by atoms with van der Waals surface area (Å²) in [5, 5.41) is 21.4. The van der Waals surface area contributed by atoms with Crippen molar-refractivity contribution in [1.29, 1.82) is 10.5 Å². The molecule has 0 amide bonds. The van der Waals surface area contributed by atoms with Gasteiger partial charge in [-0.3, -0.25) is 0 Å². The first-order chi connectivity index (χ1) is 7.27. The molecular weight excluding hydrogens is 224 g/mol. The van der Waals surface area contributed by atoms with Crippen LogP contribution in [0.4, 0.5) is 0 Å². The number of aryl methyl sites for hydroxylation is 1.